The molecule has 2 aliphatic heterocycles. The van der Waals surface area contributed by atoms with Crippen molar-refractivity contribution in [2.75, 3.05) is 6.61 Å². The van der Waals surface area contributed by atoms with Crippen LogP contribution >= 0.6 is 0 Å². The van der Waals surface area contributed by atoms with Crippen LogP contribution in [0.4, 0.5) is 0 Å². The van der Waals surface area contributed by atoms with Gasteiger partial charge in [-0.15, -0.1) is 0 Å². The van der Waals surface area contributed by atoms with Crippen molar-refractivity contribution in [2.24, 2.45) is 0 Å². The minimum atomic E-state index is 0.250. The third kappa shape index (κ3) is 4.04. The van der Waals surface area contributed by atoms with E-state index in [9.17, 15) is 0 Å². The fourth-order valence-corrected chi connectivity index (χ4v) is 2.94. The minimum absolute atomic E-state index is 0.250. The molecule has 3 aromatic rings. The topological polar surface area (TPSA) is 77.6 Å². The van der Waals surface area contributed by atoms with Crippen LogP contribution in [0.25, 0.3) is 46.4 Å². The van der Waals surface area contributed by atoms with Crippen LogP contribution in [0.1, 0.15) is 29.7 Å². The molecule has 8 bridgehead atoms. The number of H-pyrrole nitrogens is 2. The molecule has 3 aromatic heterocycles. The molecule has 0 saturated heterocycles. The number of aromatic amines is 2. The zero-order chi connectivity index (χ0) is 18.6. The van der Waals surface area contributed by atoms with Crippen molar-refractivity contribution >= 4 is 46.4 Å². The van der Waals surface area contributed by atoms with E-state index in [1.807, 2.05) is 42.5 Å². The molecule has 0 aliphatic carbocycles. The van der Waals surface area contributed by atoms with Crippen LogP contribution in [-0.2, 0) is 0 Å². The zero-order valence-electron chi connectivity index (χ0n) is 15.0. The van der Waals surface area contributed by atoms with Crippen molar-refractivity contribution in [2.45, 2.75) is 6.92 Å². The molecule has 0 unspecified atom stereocenters. The van der Waals surface area contributed by atoms with E-state index < -0.39 is 0 Å². The van der Waals surface area contributed by atoms with Crippen LogP contribution < -0.4 is 0 Å². The first kappa shape index (κ1) is 17.0. The van der Waals surface area contributed by atoms with Gasteiger partial charge >= 0.3 is 0 Å². The Labute approximate surface area is 156 Å². The fourth-order valence-electron chi connectivity index (χ4n) is 2.94. The number of aliphatic hydroxyl groups excluding tert-OH is 1. The summed E-state index contributed by atoms with van der Waals surface area (Å²) in [5.74, 6) is 0. The molecule has 0 amide bonds. The van der Waals surface area contributed by atoms with Crippen LogP contribution in [-0.4, -0.2) is 31.6 Å². The average molecular weight is 356 g/mol. The Kier molecular flexibility index (Phi) is 4.68. The van der Waals surface area contributed by atoms with Gasteiger partial charge in [0.1, 0.15) is 0 Å². The summed E-state index contributed by atoms with van der Waals surface area (Å²) in [5.41, 5.74) is 7.86. The lowest BCUT2D eigenvalue weighted by molar-refractivity contribution is 0.318. The smallest absolute Gasteiger partial charge is 0.0659 e. The summed E-state index contributed by atoms with van der Waals surface area (Å²) in [5, 5.41) is 7.57. The van der Waals surface area contributed by atoms with Gasteiger partial charge in [0.15, 0.2) is 0 Å². The Morgan fingerprint density at radius 3 is 1.37 bits per heavy atom. The average Bonchev–Trinajstić information content (AvgIpc) is 3.41. The summed E-state index contributed by atoms with van der Waals surface area (Å²) < 4.78 is 0. The highest BCUT2D eigenvalue weighted by Crippen LogP contribution is 2.17. The third-order valence-corrected chi connectivity index (χ3v) is 4.04. The number of hydrogen-bond acceptors (Lipinski definition) is 3. The zero-order valence-corrected chi connectivity index (χ0v) is 15.0. The van der Waals surface area contributed by atoms with E-state index in [2.05, 4.69) is 50.3 Å². The summed E-state index contributed by atoms with van der Waals surface area (Å²) >= 11 is 0. The second-order valence-corrected chi connectivity index (χ2v) is 6.22. The molecule has 0 spiro atoms. The normalized spacial score (nSPS) is 11.9. The van der Waals surface area contributed by atoms with Gasteiger partial charge in [0.25, 0.3) is 0 Å². The van der Waals surface area contributed by atoms with Crippen LogP contribution in [0.15, 0.2) is 48.5 Å². The van der Waals surface area contributed by atoms with Gasteiger partial charge in [-0.3, -0.25) is 0 Å². The van der Waals surface area contributed by atoms with E-state index in [1.165, 1.54) is 0 Å². The third-order valence-electron chi connectivity index (χ3n) is 4.04. The standard InChI is InChI=1S/C20H14N4.C2H6O/c1-2-14-10-16-5-6-18(23-16)12-20-8-7-19(24-20)11-17-4-3-15(22-17)9-13(1)21-14;1-2-3/h1-12,21-22H;3H,2H2,1H3. The van der Waals surface area contributed by atoms with E-state index in [-0.39, 0.29) is 6.61 Å². The lowest BCUT2D eigenvalue weighted by Crippen LogP contribution is -1.77. The van der Waals surface area contributed by atoms with E-state index in [0.29, 0.717) is 0 Å². The molecular weight excluding hydrogens is 336 g/mol. The molecule has 5 heteroatoms. The Morgan fingerprint density at radius 2 is 0.963 bits per heavy atom. The van der Waals surface area contributed by atoms with Crippen molar-refractivity contribution in [3.8, 4) is 0 Å². The Morgan fingerprint density at radius 1 is 0.630 bits per heavy atom. The van der Waals surface area contributed by atoms with Gasteiger partial charge in [-0.05, 0) is 79.8 Å². The largest absolute Gasteiger partial charge is 0.397 e. The van der Waals surface area contributed by atoms with Gasteiger partial charge in [0.2, 0.25) is 0 Å². The van der Waals surface area contributed by atoms with E-state index in [4.69, 9.17) is 5.11 Å². The second kappa shape index (κ2) is 7.43. The maximum absolute atomic E-state index is 7.57. The van der Waals surface area contributed by atoms with Crippen molar-refractivity contribution < 1.29 is 5.11 Å². The first-order chi connectivity index (χ1) is 13.2. The molecule has 5 heterocycles. The van der Waals surface area contributed by atoms with Gasteiger partial charge in [-0.2, -0.15) is 0 Å². The van der Waals surface area contributed by atoms with Gasteiger partial charge < -0.3 is 15.1 Å². The molecule has 5 nitrogen and oxygen atoms in total. The van der Waals surface area contributed by atoms with Crippen molar-refractivity contribution in [1.29, 1.82) is 0 Å². The Bertz CT molecular complexity index is 1090. The fraction of sp³-hybridized carbons (Fsp3) is 0.0909. The molecule has 0 saturated carbocycles. The molecule has 27 heavy (non-hydrogen) atoms. The molecule has 3 N–H and O–H groups in total. The number of rotatable bonds is 0. The molecule has 0 aromatic carbocycles. The highest BCUT2D eigenvalue weighted by atomic mass is 16.2. The van der Waals surface area contributed by atoms with Gasteiger partial charge in [-0.25, -0.2) is 9.97 Å². The van der Waals surface area contributed by atoms with Crippen LogP contribution in [0, 0.1) is 0 Å². The number of nitrogens with one attached hydrogen (secondary N) is 2. The number of aliphatic hydroxyl groups is 1. The highest BCUT2D eigenvalue weighted by Gasteiger charge is 2.02. The number of hydrogen-bond donors (Lipinski definition) is 3. The van der Waals surface area contributed by atoms with E-state index >= 15 is 0 Å². The number of fused-ring (bicyclic) bond motifs is 8. The molecule has 0 atom stereocenters. The first-order valence-electron chi connectivity index (χ1n) is 8.87. The van der Waals surface area contributed by atoms with E-state index in [1.54, 1.807) is 6.92 Å². The minimum Gasteiger partial charge on any atom is -0.397 e. The van der Waals surface area contributed by atoms with Crippen LogP contribution in [0.5, 0.6) is 0 Å². The summed E-state index contributed by atoms with van der Waals surface area (Å²) in [6.45, 7) is 1.93. The predicted octanol–water partition coefficient (Wildman–Crippen LogP) is 4.65. The lowest BCUT2D eigenvalue weighted by Gasteiger charge is -1.86. The Balaban J connectivity index is 0.000000565. The summed E-state index contributed by atoms with van der Waals surface area (Å²) in [7, 11) is 0. The summed E-state index contributed by atoms with van der Waals surface area (Å²) in [6, 6.07) is 16.4. The maximum Gasteiger partial charge on any atom is 0.0659 e. The molecule has 2 aliphatic rings. The molecule has 5 rings (SSSR count). The van der Waals surface area contributed by atoms with Crippen molar-refractivity contribution in [3.63, 3.8) is 0 Å². The van der Waals surface area contributed by atoms with Crippen LogP contribution in [0.3, 0.4) is 0 Å². The lowest BCUT2D eigenvalue weighted by atomic mass is 10.3. The molecule has 0 radical (unpaired) electrons. The predicted molar refractivity (Wildman–Crippen MR) is 112 cm³/mol. The molecule has 0 fully saturated rings. The Hall–Kier alpha value is -3.44. The second-order valence-electron chi connectivity index (χ2n) is 6.22. The molecule has 134 valence electrons. The monoisotopic (exact) mass is 356 g/mol. The maximum atomic E-state index is 7.57. The summed E-state index contributed by atoms with van der Waals surface area (Å²) in [6.07, 6.45) is 8.05. The van der Waals surface area contributed by atoms with E-state index in [0.717, 1.165) is 44.8 Å². The number of aromatic nitrogens is 4. The summed E-state index contributed by atoms with van der Waals surface area (Å²) in [4.78, 5) is 16.0. The SMILES string of the molecule is C1=Cc2cc3ccc(cc4ccc(cc5nc(cc1n2)C=C5)[nH]4)[nH]3.CCO. The first-order valence-corrected chi connectivity index (χ1v) is 8.87. The number of nitrogens with zero attached hydrogens (tertiary/aromatic N) is 2. The van der Waals surface area contributed by atoms with Gasteiger partial charge in [0.05, 0.1) is 22.8 Å². The van der Waals surface area contributed by atoms with Gasteiger partial charge in [-0.1, -0.05) is 0 Å². The van der Waals surface area contributed by atoms with Crippen molar-refractivity contribution in [3.05, 3.63) is 71.3 Å². The highest BCUT2D eigenvalue weighted by molar-refractivity contribution is 5.77. The van der Waals surface area contributed by atoms with Crippen LogP contribution in [0.2, 0.25) is 0 Å². The van der Waals surface area contributed by atoms with Crippen molar-refractivity contribution in [1.82, 2.24) is 19.9 Å². The van der Waals surface area contributed by atoms with Gasteiger partial charge in [0, 0.05) is 28.7 Å². The molecular formula is C22H20N4O. The quantitative estimate of drug-likeness (QED) is 0.378.